The zero-order chi connectivity index (χ0) is 14.7. The summed E-state index contributed by atoms with van der Waals surface area (Å²) in [7, 11) is 0. The molecule has 21 heavy (non-hydrogen) atoms. The summed E-state index contributed by atoms with van der Waals surface area (Å²) in [5.74, 6) is 1.84. The van der Waals surface area contributed by atoms with E-state index in [4.69, 9.17) is 16.3 Å². The van der Waals surface area contributed by atoms with E-state index < -0.39 is 0 Å². The normalized spacial score (nSPS) is 24.7. The highest BCUT2D eigenvalue weighted by molar-refractivity contribution is 6.30. The van der Waals surface area contributed by atoms with Crippen LogP contribution in [0.5, 0.6) is 5.75 Å². The van der Waals surface area contributed by atoms with E-state index in [1.165, 1.54) is 43.2 Å². The minimum absolute atomic E-state index is 0.662. The van der Waals surface area contributed by atoms with Crippen LogP contribution in [0.25, 0.3) is 0 Å². The maximum atomic E-state index is 6.30. The Balaban J connectivity index is 1.75. The second-order valence-corrected chi connectivity index (χ2v) is 6.90. The Kier molecular flexibility index (Phi) is 5.07. The summed E-state index contributed by atoms with van der Waals surface area (Å²) in [4.78, 5) is 0. The standard InChI is InChI=1S/C18H26ClNO/c1-2-8-20-17-6-4-3-5-13(17)10-15-12-16(19)11-14-7-9-21-18(14)15/h11-13,17,20H,2-10H2,1H3. The first-order valence-electron chi connectivity index (χ1n) is 8.45. The number of fused-ring (bicyclic) bond motifs is 1. The average Bonchev–Trinajstić information content (AvgIpc) is 2.94. The maximum absolute atomic E-state index is 6.30. The highest BCUT2D eigenvalue weighted by atomic mass is 35.5. The lowest BCUT2D eigenvalue weighted by Crippen LogP contribution is -2.39. The van der Waals surface area contributed by atoms with Crippen molar-refractivity contribution in [2.75, 3.05) is 13.2 Å². The van der Waals surface area contributed by atoms with Crippen molar-refractivity contribution < 1.29 is 4.74 Å². The molecule has 1 aromatic carbocycles. The van der Waals surface area contributed by atoms with Crippen molar-refractivity contribution in [3.05, 3.63) is 28.3 Å². The third-order valence-electron chi connectivity index (χ3n) is 4.87. The van der Waals surface area contributed by atoms with Crippen LogP contribution in [0, 0.1) is 5.92 Å². The molecule has 0 bridgehead atoms. The van der Waals surface area contributed by atoms with E-state index in [9.17, 15) is 0 Å². The Bertz CT molecular complexity index is 488. The van der Waals surface area contributed by atoms with E-state index in [-0.39, 0.29) is 0 Å². The average molecular weight is 308 g/mol. The molecule has 0 spiro atoms. The third-order valence-corrected chi connectivity index (χ3v) is 5.09. The van der Waals surface area contributed by atoms with Crippen LogP contribution in [0.3, 0.4) is 0 Å². The van der Waals surface area contributed by atoms with Gasteiger partial charge in [-0.15, -0.1) is 0 Å². The Morgan fingerprint density at radius 3 is 3.00 bits per heavy atom. The molecule has 1 N–H and O–H groups in total. The molecule has 2 nitrogen and oxygen atoms in total. The first-order valence-corrected chi connectivity index (χ1v) is 8.83. The topological polar surface area (TPSA) is 21.3 Å². The van der Waals surface area contributed by atoms with Crippen LogP contribution in [-0.2, 0) is 12.8 Å². The van der Waals surface area contributed by atoms with Crippen LogP contribution in [0.15, 0.2) is 12.1 Å². The number of benzene rings is 1. The molecule has 116 valence electrons. The smallest absolute Gasteiger partial charge is 0.125 e. The van der Waals surface area contributed by atoms with E-state index in [1.54, 1.807) is 0 Å². The minimum Gasteiger partial charge on any atom is -0.493 e. The lowest BCUT2D eigenvalue weighted by molar-refractivity contribution is 0.258. The van der Waals surface area contributed by atoms with Gasteiger partial charge in [-0.1, -0.05) is 31.4 Å². The van der Waals surface area contributed by atoms with Crippen LogP contribution in [-0.4, -0.2) is 19.2 Å². The molecule has 2 unspecified atom stereocenters. The quantitative estimate of drug-likeness (QED) is 0.872. The van der Waals surface area contributed by atoms with Crippen molar-refractivity contribution in [2.45, 2.75) is 57.9 Å². The molecule has 2 atom stereocenters. The number of hydrogen-bond donors (Lipinski definition) is 1. The van der Waals surface area contributed by atoms with E-state index in [0.29, 0.717) is 6.04 Å². The van der Waals surface area contributed by atoms with Gasteiger partial charge in [0.25, 0.3) is 0 Å². The molecule has 1 aliphatic carbocycles. The Hall–Kier alpha value is -0.730. The van der Waals surface area contributed by atoms with Crippen LogP contribution in [0.1, 0.15) is 50.2 Å². The van der Waals surface area contributed by atoms with Crippen LogP contribution in [0.2, 0.25) is 5.02 Å². The van der Waals surface area contributed by atoms with Crippen LogP contribution in [0.4, 0.5) is 0 Å². The molecule has 0 aromatic heterocycles. The predicted octanol–water partition coefficient (Wildman–Crippen LogP) is 4.38. The van der Waals surface area contributed by atoms with Crippen molar-refractivity contribution in [2.24, 2.45) is 5.92 Å². The summed E-state index contributed by atoms with van der Waals surface area (Å²) in [5, 5.41) is 4.61. The van der Waals surface area contributed by atoms with Crippen molar-refractivity contribution in [1.29, 1.82) is 0 Å². The summed E-state index contributed by atoms with van der Waals surface area (Å²) in [5.41, 5.74) is 2.62. The summed E-state index contributed by atoms with van der Waals surface area (Å²) < 4.78 is 5.86. The van der Waals surface area contributed by atoms with Gasteiger partial charge in [-0.05, 0) is 61.4 Å². The molecule has 0 amide bonds. The summed E-state index contributed by atoms with van der Waals surface area (Å²) >= 11 is 6.30. The van der Waals surface area contributed by atoms with Gasteiger partial charge in [0.15, 0.2) is 0 Å². The highest BCUT2D eigenvalue weighted by Crippen LogP contribution is 2.36. The Morgan fingerprint density at radius 2 is 2.14 bits per heavy atom. The molecule has 0 radical (unpaired) electrons. The summed E-state index contributed by atoms with van der Waals surface area (Å²) in [6, 6.07) is 4.85. The maximum Gasteiger partial charge on any atom is 0.125 e. The number of ether oxygens (including phenoxy) is 1. The van der Waals surface area contributed by atoms with E-state index in [1.807, 2.05) is 0 Å². The predicted molar refractivity (Wildman–Crippen MR) is 88.4 cm³/mol. The summed E-state index contributed by atoms with van der Waals surface area (Å²) in [6.45, 7) is 4.18. The van der Waals surface area contributed by atoms with Crippen molar-refractivity contribution in [3.8, 4) is 5.75 Å². The Labute approximate surface area is 133 Å². The second kappa shape index (κ2) is 7.02. The lowest BCUT2D eigenvalue weighted by atomic mass is 9.80. The zero-order valence-electron chi connectivity index (χ0n) is 13.0. The van der Waals surface area contributed by atoms with Gasteiger partial charge in [0.05, 0.1) is 6.61 Å². The fraction of sp³-hybridized carbons (Fsp3) is 0.667. The molecule has 1 heterocycles. The van der Waals surface area contributed by atoms with Gasteiger partial charge in [-0.2, -0.15) is 0 Å². The van der Waals surface area contributed by atoms with Gasteiger partial charge in [0.1, 0.15) is 5.75 Å². The molecule has 3 rings (SSSR count). The zero-order valence-corrected chi connectivity index (χ0v) is 13.7. The number of hydrogen-bond acceptors (Lipinski definition) is 2. The van der Waals surface area contributed by atoms with Crippen molar-refractivity contribution >= 4 is 11.6 Å². The van der Waals surface area contributed by atoms with Crippen LogP contribution >= 0.6 is 11.6 Å². The van der Waals surface area contributed by atoms with Crippen LogP contribution < -0.4 is 10.1 Å². The highest BCUT2D eigenvalue weighted by Gasteiger charge is 2.27. The van der Waals surface area contributed by atoms with E-state index in [0.717, 1.165) is 42.7 Å². The SMILES string of the molecule is CCCNC1CCCCC1Cc1cc(Cl)cc2c1OCC2. The number of rotatable bonds is 5. The van der Waals surface area contributed by atoms with Crippen molar-refractivity contribution in [3.63, 3.8) is 0 Å². The van der Waals surface area contributed by atoms with Crippen molar-refractivity contribution in [1.82, 2.24) is 5.32 Å². The largest absolute Gasteiger partial charge is 0.493 e. The lowest BCUT2D eigenvalue weighted by Gasteiger charge is -2.33. The Morgan fingerprint density at radius 1 is 1.29 bits per heavy atom. The first-order chi connectivity index (χ1) is 10.3. The first kappa shape index (κ1) is 15.2. The fourth-order valence-electron chi connectivity index (χ4n) is 3.83. The van der Waals surface area contributed by atoms with Gasteiger partial charge in [0, 0.05) is 17.5 Å². The second-order valence-electron chi connectivity index (χ2n) is 6.46. The molecule has 1 aliphatic heterocycles. The molecule has 3 heteroatoms. The molecule has 0 saturated heterocycles. The molecule has 1 fully saturated rings. The minimum atomic E-state index is 0.662. The van der Waals surface area contributed by atoms with Gasteiger partial charge in [-0.3, -0.25) is 0 Å². The monoisotopic (exact) mass is 307 g/mol. The number of halogens is 1. The van der Waals surface area contributed by atoms with Gasteiger partial charge in [-0.25, -0.2) is 0 Å². The summed E-state index contributed by atoms with van der Waals surface area (Å²) in [6.07, 6.45) is 8.67. The molecule has 1 aromatic rings. The third kappa shape index (κ3) is 3.54. The van der Waals surface area contributed by atoms with E-state index in [2.05, 4.69) is 24.4 Å². The molecule has 1 saturated carbocycles. The molecular weight excluding hydrogens is 282 g/mol. The molecular formula is C18H26ClNO. The van der Waals surface area contributed by atoms with Gasteiger partial charge < -0.3 is 10.1 Å². The van der Waals surface area contributed by atoms with Gasteiger partial charge in [0.2, 0.25) is 0 Å². The molecule has 2 aliphatic rings. The van der Waals surface area contributed by atoms with E-state index >= 15 is 0 Å². The number of nitrogens with one attached hydrogen (secondary N) is 1. The fourth-order valence-corrected chi connectivity index (χ4v) is 4.09. The van der Waals surface area contributed by atoms with Gasteiger partial charge >= 0.3 is 0 Å².